The minimum absolute atomic E-state index is 0.0746. The number of para-hydroxylation sites is 1. The Morgan fingerprint density at radius 3 is 2.72 bits per heavy atom. The SMILES string of the molecule is CSc1nc2ccccc2c(=O)n1CCC(C)C. The number of thioether (sulfide) groups is 1. The number of hydrogen-bond acceptors (Lipinski definition) is 3. The van der Waals surface area contributed by atoms with E-state index in [9.17, 15) is 4.79 Å². The highest BCUT2D eigenvalue weighted by molar-refractivity contribution is 7.98. The van der Waals surface area contributed by atoms with Gasteiger partial charge < -0.3 is 0 Å². The van der Waals surface area contributed by atoms with Crippen molar-refractivity contribution < 1.29 is 0 Å². The molecule has 2 rings (SSSR count). The lowest BCUT2D eigenvalue weighted by Gasteiger charge is -2.12. The maximum absolute atomic E-state index is 12.4. The van der Waals surface area contributed by atoms with Crippen molar-refractivity contribution >= 4 is 22.7 Å². The lowest BCUT2D eigenvalue weighted by atomic mass is 10.1. The maximum Gasteiger partial charge on any atom is 0.262 e. The number of aromatic nitrogens is 2. The first-order valence-corrected chi connectivity index (χ1v) is 7.39. The minimum Gasteiger partial charge on any atom is -0.287 e. The Labute approximate surface area is 111 Å². The van der Waals surface area contributed by atoms with Crippen LogP contribution in [0.5, 0.6) is 0 Å². The molecule has 0 amide bonds. The van der Waals surface area contributed by atoms with Gasteiger partial charge >= 0.3 is 0 Å². The largest absolute Gasteiger partial charge is 0.287 e. The van der Waals surface area contributed by atoms with Gasteiger partial charge in [0.25, 0.3) is 5.56 Å². The van der Waals surface area contributed by atoms with Crippen LogP contribution >= 0.6 is 11.8 Å². The lowest BCUT2D eigenvalue weighted by Crippen LogP contribution is -2.24. The van der Waals surface area contributed by atoms with Crippen molar-refractivity contribution in [3.05, 3.63) is 34.6 Å². The zero-order valence-electron chi connectivity index (χ0n) is 11.0. The molecular formula is C14H18N2OS. The molecule has 18 heavy (non-hydrogen) atoms. The van der Waals surface area contributed by atoms with Crippen LogP contribution in [0.25, 0.3) is 10.9 Å². The summed E-state index contributed by atoms with van der Waals surface area (Å²) in [6.45, 7) is 5.07. The molecule has 0 saturated heterocycles. The Morgan fingerprint density at radius 2 is 2.06 bits per heavy atom. The van der Waals surface area contributed by atoms with Crippen molar-refractivity contribution in [1.82, 2.24) is 9.55 Å². The number of rotatable bonds is 4. The van der Waals surface area contributed by atoms with Crippen LogP contribution in [0.1, 0.15) is 20.3 Å². The zero-order chi connectivity index (χ0) is 13.1. The summed E-state index contributed by atoms with van der Waals surface area (Å²) in [5, 5.41) is 1.51. The van der Waals surface area contributed by atoms with Gasteiger partial charge in [-0.05, 0) is 30.7 Å². The molecule has 1 aromatic carbocycles. The van der Waals surface area contributed by atoms with Crippen LogP contribution < -0.4 is 5.56 Å². The van der Waals surface area contributed by atoms with Gasteiger partial charge in [-0.15, -0.1) is 0 Å². The second-order valence-electron chi connectivity index (χ2n) is 4.75. The highest BCUT2D eigenvalue weighted by Crippen LogP contribution is 2.16. The predicted molar refractivity (Wildman–Crippen MR) is 77.2 cm³/mol. The first kappa shape index (κ1) is 13.1. The second-order valence-corrected chi connectivity index (χ2v) is 5.53. The standard InChI is InChI=1S/C14H18N2OS/c1-10(2)8-9-16-13(17)11-6-4-5-7-12(11)15-14(16)18-3/h4-7,10H,8-9H2,1-3H3. The van der Waals surface area contributed by atoms with Gasteiger partial charge in [0.1, 0.15) is 0 Å². The molecule has 0 fully saturated rings. The normalized spacial score (nSPS) is 11.3. The minimum atomic E-state index is 0.0746. The summed E-state index contributed by atoms with van der Waals surface area (Å²) < 4.78 is 1.80. The van der Waals surface area contributed by atoms with Crippen molar-refractivity contribution in [3.8, 4) is 0 Å². The van der Waals surface area contributed by atoms with Crippen molar-refractivity contribution in [3.63, 3.8) is 0 Å². The van der Waals surface area contributed by atoms with Gasteiger partial charge in [0.05, 0.1) is 10.9 Å². The fourth-order valence-electron chi connectivity index (χ4n) is 1.89. The number of hydrogen-bond donors (Lipinski definition) is 0. The molecule has 0 aliphatic rings. The molecule has 0 bridgehead atoms. The summed E-state index contributed by atoms with van der Waals surface area (Å²) in [5.41, 5.74) is 0.859. The van der Waals surface area contributed by atoms with Gasteiger partial charge in [0, 0.05) is 6.54 Å². The van der Waals surface area contributed by atoms with Crippen LogP contribution in [0.3, 0.4) is 0 Å². The molecule has 1 aromatic heterocycles. The van der Waals surface area contributed by atoms with E-state index < -0.39 is 0 Å². The Hall–Kier alpha value is -1.29. The molecule has 0 saturated carbocycles. The molecular weight excluding hydrogens is 244 g/mol. The highest BCUT2D eigenvalue weighted by Gasteiger charge is 2.10. The summed E-state index contributed by atoms with van der Waals surface area (Å²) >= 11 is 1.53. The van der Waals surface area contributed by atoms with Crippen LogP contribution in [-0.4, -0.2) is 15.8 Å². The average Bonchev–Trinajstić information content (AvgIpc) is 2.37. The molecule has 2 aromatic rings. The van der Waals surface area contributed by atoms with Crippen molar-refractivity contribution in [2.45, 2.75) is 32.0 Å². The van der Waals surface area contributed by atoms with Gasteiger partial charge in [0.2, 0.25) is 0 Å². The highest BCUT2D eigenvalue weighted by atomic mass is 32.2. The topological polar surface area (TPSA) is 34.9 Å². The third-order valence-corrected chi connectivity index (χ3v) is 3.62. The quantitative estimate of drug-likeness (QED) is 0.627. The molecule has 0 atom stereocenters. The summed E-state index contributed by atoms with van der Waals surface area (Å²) in [6.07, 6.45) is 2.95. The van der Waals surface area contributed by atoms with E-state index in [4.69, 9.17) is 0 Å². The van der Waals surface area contributed by atoms with E-state index >= 15 is 0 Å². The molecule has 0 N–H and O–H groups in total. The summed E-state index contributed by atoms with van der Waals surface area (Å²) in [5.74, 6) is 0.582. The predicted octanol–water partition coefficient (Wildman–Crippen LogP) is 3.16. The van der Waals surface area contributed by atoms with Gasteiger partial charge in [-0.2, -0.15) is 0 Å². The Kier molecular flexibility index (Phi) is 4.07. The first-order valence-electron chi connectivity index (χ1n) is 6.17. The van der Waals surface area contributed by atoms with Crippen molar-refractivity contribution in [1.29, 1.82) is 0 Å². The Bertz CT molecular complexity index is 604. The van der Waals surface area contributed by atoms with E-state index in [2.05, 4.69) is 18.8 Å². The van der Waals surface area contributed by atoms with E-state index in [1.165, 1.54) is 11.8 Å². The second kappa shape index (κ2) is 5.57. The molecule has 0 aliphatic carbocycles. The molecule has 0 spiro atoms. The lowest BCUT2D eigenvalue weighted by molar-refractivity contribution is 0.481. The van der Waals surface area contributed by atoms with Crippen molar-refractivity contribution in [2.24, 2.45) is 5.92 Å². The van der Waals surface area contributed by atoms with E-state index in [0.717, 1.165) is 23.6 Å². The average molecular weight is 262 g/mol. The van der Waals surface area contributed by atoms with Gasteiger partial charge in [-0.1, -0.05) is 37.7 Å². The van der Waals surface area contributed by atoms with Crippen LogP contribution in [0, 0.1) is 5.92 Å². The van der Waals surface area contributed by atoms with Crippen LogP contribution in [-0.2, 0) is 6.54 Å². The van der Waals surface area contributed by atoms with E-state index in [1.807, 2.05) is 30.5 Å². The van der Waals surface area contributed by atoms with E-state index in [0.29, 0.717) is 11.3 Å². The first-order chi connectivity index (χ1) is 8.63. The molecule has 0 aliphatic heterocycles. The Morgan fingerprint density at radius 1 is 1.33 bits per heavy atom. The van der Waals surface area contributed by atoms with Crippen molar-refractivity contribution in [2.75, 3.05) is 6.26 Å². The van der Waals surface area contributed by atoms with Gasteiger partial charge in [-0.25, -0.2) is 4.98 Å². The van der Waals surface area contributed by atoms with Crippen LogP contribution in [0.4, 0.5) is 0 Å². The monoisotopic (exact) mass is 262 g/mol. The Balaban J connectivity index is 2.56. The van der Waals surface area contributed by atoms with Crippen LogP contribution in [0.2, 0.25) is 0 Å². The molecule has 0 unspecified atom stereocenters. The van der Waals surface area contributed by atoms with Gasteiger partial charge in [0.15, 0.2) is 5.16 Å². The fourth-order valence-corrected chi connectivity index (χ4v) is 2.47. The van der Waals surface area contributed by atoms with E-state index in [-0.39, 0.29) is 5.56 Å². The third kappa shape index (κ3) is 2.58. The molecule has 3 nitrogen and oxygen atoms in total. The molecule has 96 valence electrons. The third-order valence-electron chi connectivity index (χ3n) is 2.94. The molecule has 1 heterocycles. The summed E-state index contributed by atoms with van der Waals surface area (Å²) in [7, 11) is 0. The summed E-state index contributed by atoms with van der Waals surface area (Å²) in [4.78, 5) is 17.0. The molecule has 4 heteroatoms. The molecule has 0 radical (unpaired) electrons. The zero-order valence-corrected chi connectivity index (χ0v) is 11.8. The maximum atomic E-state index is 12.4. The fraction of sp³-hybridized carbons (Fsp3) is 0.429. The number of fused-ring (bicyclic) bond motifs is 1. The van der Waals surface area contributed by atoms with Crippen LogP contribution in [0.15, 0.2) is 34.2 Å². The summed E-state index contributed by atoms with van der Waals surface area (Å²) in [6, 6.07) is 7.54. The van der Waals surface area contributed by atoms with Gasteiger partial charge in [-0.3, -0.25) is 9.36 Å². The number of nitrogens with zero attached hydrogens (tertiary/aromatic N) is 2. The van der Waals surface area contributed by atoms with E-state index in [1.54, 1.807) is 4.57 Å². The number of benzene rings is 1. The smallest absolute Gasteiger partial charge is 0.262 e.